The minimum absolute atomic E-state index is 0.280. The number of carbonyl (C=O) groups excluding carboxylic acids is 1. The summed E-state index contributed by atoms with van der Waals surface area (Å²) in [7, 11) is 1.61. The van der Waals surface area contributed by atoms with Crippen LogP contribution in [0.4, 0.5) is 5.69 Å². The topological polar surface area (TPSA) is 51.2 Å². The Bertz CT molecular complexity index is 912. The molecule has 3 aromatic rings. The van der Waals surface area contributed by atoms with Gasteiger partial charge in [0, 0.05) is 17.4 Å². The molecule has 0 radical (unpaired) electrons. The van der Waals surface area contributed by atoms with Crippen LogP contribution in [0.3, 0.4) is 0 Å². The number of carbonyl (C=O) groups is 1. The average molecular weight is 373 g/mol. The molecule has 2 aromatic carbocycles. The van der Waals surface area contributed by atoms with E-state index in [1.54, 1.807) is 37.4 Å². The van der Waals surface area contributed by atoms with Gasteiger partial charge in [-0.05, 0) is 42.5 Å². The van der Waals surface area contributed by atoms with Crippen LogP contribution in [0.25, 0.3) is 11.3 Å². The molecule has 0 saturated carbocycles. The summed E-state index contributed by atoms with van der Waals surface area (Å²) in [4.78, 5) is 16.7. The second kappa shape index (κ2) is 7.55. The molecule has 0 aliphatic rings. The smallest absolute Gasteiger partial charge is 0.257 e. The van der Waals surface area contributed by atoms with E-state index >= 15 is 0 Å². The molecule has 0 fully saturated rings. The first kappa shape index (κ1) is 17.3. The molecule has 0 aliphatic heterocycles. The molecular formula is C19H14Cl2N2O2. The third kappa shape index (κ3) is 3.92. The Morgan fingerprint density at radius 3 is 2.52 bits per heavy atom. The van der Waals surface area contributed by atoms with Gasteiger partial charge >= 0.3 is 0 Å². The van der Waals surface area contributed by atoms with Crippen molar-refractivity contribution in [3.8, 4) is 17.0 Å². The van der Waals surface area contributed by atoms with Crippen molar-refractivity contribution in [2.24, 2.45) is 0 Å². The molecule has 4 nitrogen and oxygen atoms in total. The number of anilines is 1. The summed E-state index contributed by atoms with van der Waals surface area (Å²) in [6, 6.07) is 16.0. The van der Waals surface area contributed by atoms with Crippen molar-refractivity contribution in [3.05, 3.63) is 76.4 Å². The first-order valence-corrected chi connectivity index (χ1v) is 8.20. The molecule has 6 heteroatoms. The van der Waals surface area contributed by atoms with E-state index in [-0.39, 0.29) is 5.91 Å². The Hall–Kier alpha value is -2.56. The molecule has 126 valence electrons. The van der Waals surface area contributed by atoms with Crippen molar-refractivity contribution in [2.75, 3.05) is 12.4 Å². The molecule has 1 N–H and O–H groups in total. The van der Waals surface area contributed by atoms with Gasteiger partial charge in [-0.2, -0.15) is 0 Å². The molecule has 0 atom stereocenters. The Morgan fingerprint density at radius 1 is 1.04 bits per heavy atom. The number of para-hydroxylation sites is 1. The van der Waals surface area contributed by atoms with Crippen molar-refractivity contribution in [2.45, 2.75) is 0 Å². The molecule has 1 aromatic heterocycles. The van der Waals surface area contributed by atoms with Gasteiger partial charge in [-0.25, -0.2) is 0 Å². The highest BCUT2D eigenvalue weighted by Gasteiger charge is 2.10. The van der Waals surface area contributed by atoms with Gasteiger partial charge < -0.3 is 10.1 Å². The minimum Gasteiger partial charge on any atom is -0.496 e. The number of hydrogen-bond acceptors (Lipinski definition) is 3. The number of rotatable bonds is 4. The summed E-state index contributed by atoms with van der Waals surface area (Å²) in [5.41, 5.74) is 2.59. The maximum absolute atomic E-state index is 12.3. The van der Waals surface area contributed by atoms with Gasteiger partial charge in [0.1, 0.15) is 5.75 Å². The predicted octanol–water partition coefficient (Wildman–Crippen LogP) is 5.32. The lowest BCUT2D eigenvalue weighted by atomic mass is 10.1. The minimum atomic E-state index is -0.280. The van der Waals surface area contributed by atoms with Gasteiger partial charge in [-0.1, -0.05) is 35.3 Å². The number of benzene rings is 2. The second-order valence-electron chi connectivity index (χ2n) is 5.22. The number of pyridine rings is 1. The van der Waals surface area contributed by atoms with Gasteiger partial charge in [0.05, 0.1) is 28.4 Å². The van der Waals surface area contributed by atoms with E-state index in [1.165, 1.54) is 6.20 Å². The number of nitrogens with zero attached hydrogens (tertiary/aromatic N) is 1. The summed E-state index contributed by atoms with van der Waals surface area (Å²) in [6.07, 6.45) is 1.52. The molecule has 1 heterocycles. The van der Waals surface area contributed by atoms with Crippen molar-refractivity contribution in [3.63, 3.8) is 0 Å². The number of methoxy groups -OCH3 is 1. The van der Waals surface area contributed by atoms with E-state index in [4.69, 9.17) is 27.9 Å². The largest absolute Gasteiger partial charge is 0.496 e. The van der Waals surface area contributed by atoms with Crippen LogP contribution in [0, 0.1) is 0 Å². The SMILES string of the molecule is COc1ccccc1-c1ccc(C(=O)Nc2ccc(Cl)c(Cl)c2)cn1. The molecule has 25 heavy (non-hydrogen) atoms. The zero-order valence-electron chi connectivity index (χ0n) is 13.3. The number of aromatic nitrogens is 1. The zero-order chi connectivity index (χ0) is 17.8. The van der Waals surface area contributed by atoms with Crippen molar-refractivity contribution in [1.82, 2.24) is 4.98 Å². The number of hydrogen-bond donors (Lipinski definition) is 1. The van der Waals surface area contributed by atoms with Gasteiger partial charge in [-0.3, -0.25) is 9.78 Å². The fraction of sp³-hybridized carbons (Fsp3) is 0.0526. The third-order valence-electron chi connectivity index (χ3n) is 3.59. The number of nitrogens with one attached hydrogen (secondary N) is 1. The Morgan fingerprint density at radius 2 is 1.84 bits per heavy atom. The maximum Gasteiger partial charge on any atom is 0.257 e. The maximum atomic E-state index is 12.3. The lowest BCUT2D eigenvalue weighted by Crippen LogP contribution is -2.12. The molecule has 1 amide bonds. The normalized spacial score (nSPS) is 10.4. The number of amides is 1. The van der Waals surface area contributed by atoms with E-state index in [2.05, 4.69) is 10.3 Å². The Kier molecular flexibility index (Phi) is 5.22. The molecule has 0 saturated heterocycles. The summed E-state index contributed by atoms with van der Waals surface area (Å²) >= 11 is 11.8. The van der Waals surface area contributed by atoms with Gasteiger partial charge in [0.15, 0.2) is 0 Å². The highest BCUT2D eigenvalue weighted by molar-refractivity contribution is 6.42. The summed E-state index contributed by atoms with van der Waals surface area (Å²) in [6.45, 7) is 0. The van der Waals surface area contributed by atoms with E-state index < -0.39 is 0 Å². The fourth-order valence-electron chi connectivity index (χ4n) is 2.32. The first-order chi connectivity index (χ1) is 12.1. The third-order valence-corrected chi connectivity index (χ3v) is 4.33. The second-order valence-corrected chi connectivity index (χ2v) is 6.03. The van der Waals surface area contributed by atoms with Gasteiger partial charge in [-0.15, -0.1) is 0 Å². The Balaban J connectivity index is 1.79. The highest BCUT2D eigenvalue weighted by atomic mass is 35.5. The van der Waals surface area contributed by atoms with Crippen LogP contribution in [0.15, 0.2) is 60.8 Å². The molecule has 0 unspecified atom stereocenters. The molecular weight excluding hydrogens is 359 g/mol. The monoisotopic (exact) mass is 372 g/mol. The molecule has 0 spiro atoms. The molecule has 0 aliphatic carbocycles. The van der Waals surface area contributed by atoms with Gasteiger partial charge in [0.2, 0.25) is 0 Å². The lowest BCUT2D eigenvalue weighted by molar-refractivity contribution is 0.102. The zero-order valence-corrected chi connectivity index (χ0v) is 14.8. The van der Waals surface area contributed by atoms with Crippen LogP contribution in [0.2, 0.25) is 10.0 Å². The average Bonchev–Trinajstić information content (AvgIpc) is 2.65. The van der Waals surface area contributed by atoms with E-state index in [0.717, 1.165) is 17.0 Å². The van der Waals surface area contributed by atoms with Crippen LogP contribution in [0.1, 0.15) is 10.4 Å². The Labute approximate surface area is 155 Å². The number of ether oxygens (including phenoxy) is 1. The fourth-order valence-corrected chi connectivity index (χ4v) is 2.62. The van der Waals surface area contributed by atoms with Crippen LogP contribution in [-0.2, 0) is 0 Å². The standard InChI is InChI=1S/C19H14Cl2N2O2/c1-25-18-5-3-2-4-14(18)17-9-6-12(11-22-17)19(24)23-13-7-8-15(20)16(21)10-13/h2-11H,1H3,(H,23,24). The number of halogens is 2. The van der Waals surface area contributed by atoms with Crippen LogP contribution < -0.4 is 10.1 Å². The van der Waals surface area contributed by atoms with Crippen molar-refractivity contribution >= 4 is 34.8 Å². The summed E-state index contributed by atoms with van der Waals surface area (Å²) in [5.74, 6) is 0.445. The highest BCUT2D eigenvalue weighted by Crippen LogP contribution is 2.28. The van der Waals surface area contributed by atoms with Crippen molar-refractivity contribution < 1.29 is 9.53 Å². The van der Waals surface area contributed by atoms with Crippen LogP contribution in [0.5, 0.6) is 5.75 Å². The predicted molar refractivity (Wildman–Crippen MR) is 101 cm³/mol. The summed E-state index contributed by atoms with van der Waals surface area (Å²) in [5, 5.41) is 3.57. The van der Waals surface area contributed by atoms with Gasteiger partial charge in [0.25, 0.3) is 5.91 Å². The summed E-state index contributed by atoms with van der Waals surface area (Å²) < 4.78 is 5.33. The quantitative estimate of drug-likeness (QED) is 0.674. The van der Waals surface area contributed by atoms with Crippen LogP contribution >= 0.6 is 23.2 Å². The first-order valence-electron chi connectivity index (χ1n) is 7.44. The van der Waals surface area contributed by atoms with E-state index in [9.17, 15) is 4.79 Å². The molecule has 3 rings (SSSR count). The van der Waals surface area contributed by atoms with Crippen molar-refractivity contribution in [1.29, 1.82) is 0 Å². The van der Waals surface area contributed by atoms with Crippen LogP contribution in [-0.4, -0.2) is 18.0 Å². The lowest BCUT2D eigenvalue weighted by Gasteiger charge is -2.09. The molecule has 0 bridgehead atoms. The van der Waals surface area contributed by atoms with E-state index in [0.29, 0.717) is 21.3 Å². The van der Waals surface area contributed by atoms with E-state index in [1.807, 2.05) is 24.3 Å².